The normalized spacial score (nSPS) is 13.0. The smallest absolute Gasteiger partial charge is 0.341 e. The van der Waals surface area contributed by atoms with Crippen LogP contribution in [-0.2, 0) is 0 Å². The Labute approximate surface area is 67.7 Å². The van der Waals surface area contributed by atoms with Crippen molar-refractivity contribution < 1.29 is 18.8 Å². The first-order valence-electron chi connectivity index (χ1n) is 4.24. The molecule has 1 aromatic rings. The summed E-state index contributed by atoms with van der Waals surface area (Å²) < 4.78 is 26.3. The van der Waals surface area contributed by atoms with Gasteiger partial charge in [-0.2, -0.15) is 0 Å². The standard InChI is InChI=1S/C7H7NO3/c1-11-6-5(7(9)10)3-2-4-8-6/h2-4H,1H3,(H,9,10)/i2D,3D,4D. The molecule has 4 heteroatoms. The van der Waals surface area contributed by atoms with Gasteiger partial charge in [0.05, 0.1) is 11.2 Å². The van der Waals surface area contributed by atoms with Crippen molar-refractivity contribution >= 4 is 5.97 Å². The minimum absolute atomic E-state index is 0.316. The highest BCUT2D eigenvalue weighted by Gasteiger charge is 2.09. The predicted octanol–water partition coefficient (Wildman–Crippen LogP) is 0.788. The van der Waals surface area contributed by atoms with Gasteiger partial charge >= 0.3 is 5.97 Å². The monoisotopic (exact) mass is 156 g/mol. The topological polar surface area (TPSA) is 59.4 Å². The summed E-state index contributed by atoms with van der Waals surface area (Å²) in [6, 6.07) is -1.09. The van der Waals surface area contributed by atoms with E-state index in [4.69, 9.17) is 9.22 Å². The maximum atomic E-state index is 10.7. The van der Waals surface area contributed by atoms with Crippen LogP contribution >= 0.6 is 0 Å². The van der Waals surface area contributed by atoms with Crippen LogP contribution in [0.25, 0.3) is 0 Å². The maximum Gasteiger partial charge on any atom is 0.341 e. The highest BCUT2D eigenvalue weighted by atomic mass is 16.5. The van der Waals surface area contributed by atoms with Gasteiger partial charge in [-0.3, -0.25) is 0 Å². The lowest BCUT2D eigenvalue weighted by molar-refractivity contribution is 0.0692. The van der Waals surface area contributed by atoms with Crippen molar-refractivity contribution in [3.05, 3.63) is 23.8 Å². The molecule has 0 aromatic carbocycles. The van der Waals surface area contributed by atoms with Crippen molar-refractivity contribution in [2.24, 2.45) is 0 Å². The van der Waals surface area contributed by atoms with Gasteiger partial charge in [-0.15, -0.1) is 0 Å². The van der Waals surface area contributed by atoms with E-state index in [-0.39, 0.29) is 5.88 Å². The number of ether oxygens (including phenoxy) is 1. The molecule has 0 aliphatic carbocycles. The van der Waals surface area contributed by atoms with Gasteiger partial charge < -0.3 is 9.84 Å². The Hall–Kier alpha value is -1.58. The summed E-state index contributed by atoms with van der Waals surface area (Å²) in [6.07, 6.45) is -0.475. The third-order valence-electron chi connectivity index (χ3n) is 1.02. The Bertz CT molecular complexity index is 394. The van der Waals surface area contributed by atoms with E-state index in [0.29, 0.717) is 0 Å². The lowest BCUT2D eigenvalue weighted by Gasteiger charge is -2.00. The van der Waals surface area contributed by atoms with Gasteiger partial charge in [0.2, 0.25) is 5.88 Å². The fourth-order valence-electron chi connectivity index (χ4n) is 0.571. The van der Waals surface area contributed by atoms with Crippen LogP contribution in [0, 0.1) is 0 Å². The summed E-state index contributed by atoms with van der Waals surface area (Å²) in [5.74, 6) is -1.71. The molecular weight excluding hydrogens is 146 g/mol. The first kappa shape index (κ1) is 4.33. The molecule has 1 N–H and O–H groups in total. The number of hydrogen-bond acceptors (Lipinski definition) is 3. The van der Waals surface area contributed by atoms with E-state index in [9.17, 15) is 4.79 Å². The summed E-state index contributed by atoms with van der Waals surface area (Å²) in [6.45, 7) is 0. The Kier molecular flexibility index (Phi) is 1.18. The molecule has 1 aromatic heterocycles. The molecule has 0 fully saturated rings. The molecule has 11 heavy (non-hydrogen) atoms. The predicted molar refractivity (Wildman–Crippen MR) is 37.7 cm³/mol. The number of carboxylic acid groups (broad SMARTS) is 1. The van der Waals surface area contributed by atoms with Crippen LogP contribution in [0.5, 0.6) is 5.88 Å². The van der Waals surface area contributed by atoms with E-state index in [1.54, 1.807) is 0 Å². The molecule has 0 spiro atoms. The van der Waals surface area contributed by atoms with Crippen LogP contribution in [0.1, 0.15) is 14.5 Å². The highest BCUT2D eigenvalue weighted by Crippen LogP contribution is 2.12. The molecule has 1 heterocycles. The number of methoxy groups -OCH3 is 1. The Morgan fingerprint density at radius 2 is 2.64 bits per heavy atom. The molecule has 0 aliphatic heterocycles. The van der Waals surface area contributed by atoms with Crippen molar-refractivity contribution in [3.63, 3.8) is 0 Å². The number of carbonyl (C=O) groups is 1. The average molecular weight is 156 g/mol. The summed E-state index contributed by atoms with van der Waals surface area (Å²) in [5, 5.41) is 8.71. The molecule has 4 nitrogen and oxygen atoms in total. The zero-order chi connectivity index (χ0) is 10.9. The third-order valence-corrected chi connectivity index (χ3v) is 1.02. The Morgan fingerprint density at radius 3 is 3.18 bits per heavy atom. The Morgan fingerprint density at radius 1 is 1.91 bits per heavy atom. The highest BCUT2D eigenvalue weighted by molar-refractivity contribution is 5.89. The second-order valence-corrected chi connectivity index (χ2v) is 1.66. The molecule has 0 aliphatic rings. The minimum Gasteiger partial charge on any atom is -0.480 e. The van der Waals surface area contributed by atoms with Crippen molar-refractivity contribution in [1.29, 1.82) is 0 Å². The van der Waals surface area contributed by atoms with Gasteiger partial charge in [-0.1, -0.05) is 0 Å². The number of nitrogens with zero attached hydrogens (tertiary/aromatic N) is 1. The number of hydrogen-bond donors (Lipinski definition) is 1. The molecule has 0 saturated heterocycles. The minimum atomic E-state index is -1.40. The molecule has 1 rings (SSSR count). The zero-order valence-corrected chi connectivity index (χ0v) is 5.71. The molecule has 0 radical (unpaired) electrons. The van der Waals surface area contributed by atoms with Crippen LogP contribution < -0.4 is 4.74 Å². The first-order chi connectivity index (χ1) is 6.49. The lowest BCUT2D eigenvalue weighted by atomic mass is 10.3. The number of carboxylic acids is 1. The van der Waals surface area contributed by atoms with Crippen LogP contribution in [0.4, 0.5) is 0 Å². The van der Waals surface area contributed by atoms with E-state index in [1.807, 2.05) is 0 Å². The summed E-state index contributed by atoms with van der Waals surface area (Å²) >= 11 is 0. The van der Waals surface area contributed by atoms with Gasteiger partial charge in [0.15, 0.2) is 0 Å². The van der Waals surface area contributed by atoms with E-state index in [2.05, 4.69) is 9.72 Å². The summed E-state index contributed by atoms with van der Waals surface area (Å²) in [5.41, 5.74) is -0.492. The van der Waals surface area contributed by atoms with Gasteiger partial charge in [0, 0.05) is 6.17 Å². The van der Waals surface area contributed by atoms with E-state index < -0.39 is 29.8 Å². The number of aromatic nitrogens is 1. The van der Waals surface area contributed by atoms with Gasteiger partial charge in [0.25, 0.3) is 0 Å². The molecule has 0 atom stereocenters. The third kappa shape index (κ3) is 1.46. The van der Waals surface area contributed by atoms with Crippen molar-refractivity contribution in [2.75, 3.05) is 7.11 Å². The van der Waals surface area contributed by atoms with Gasteiger partial charge in [-0.25, -0.2) is 9.78 Å². The summed E-state index contributed by atoms with van der Waals surface area (Å²) in [7, 11) is 1.19. The van der Waals surface area contributed by atoms with E-state index >= 15 is 0 Å². The SMILES string of the molecule is [2H]c1nc(OC)c(C(=O)O)c([2H])c1[2H]. The lowest BCUT2D eigenvalue weighted by Crippen LogP contribution is -2.01. The quantitative estimate of drug-likeness (QED) is 0.687. The number of aromatic carboxylic acids is 1. The van der Waals surface area contributed by atoms with E-state index in [1.165, 1.54) is 7.11 Å². The molecule has 0 amide bonds. The average Bonchev–Trinajstić information content (AvgIpc) is 2.12. The van der Waals surface area contributed by atoms with E-state index in [0.717, 1.165) is 0 Å². The second kappa shape index (κ2) is 3.01. The number of pyridine rings is 1. The van der Waals surface area contributed by atoms with Crippen molar-refractivity contribution in [2.45, 2.75) is 0 Å². The molecule has 0 bridgehead atoms. The molecule has 58 valence electrons. The number of rotatable bonds is 2. The van der Waals surface area contributed by atoms with Crippen molar-refractivity contribution in [1.82, 2.24) is 4.98 Å². The Balaban J connectivity index is 3.53. The fourth-order valence-corrected chi connectivity index (χ4v) is 0.571. The summed E-state index contributed by atoms with van der Waals surface area (Å²) in [4.78, 5) is 14.1. The molecule has 0 unspecified atom stereocenters. The van der Waals surface area contributed by atoms with Crippen LogP contribution in [0.2, 0.25) is 0 Å². The fraction of sp³-hybridized carbons (Fsp3) is 0.143. The first-order valence-corrected chi connectivity index (χ1v) is 2.74. The second-order valence-electron chi connectivity index (χ2n) is 1.66. The van der Waals surface area contributed by atoms with Gasteiger partial charge in [0.1, 0.15) is 5.56 Å². The van der Waals surface area contributed by atoms with Crippen molar-refractivity contribution in [3.8, 4) is 5.88 Å². The van der Waals surface area contributed by atoms with Crippen LogP contribution in [0.15, 0.2) is 18.3 Å². The van der Waals surface area contributed by atoms with Crippen LogP contribution in [0.3, 0.4) is 0 Å². The molecule has 0 saturated carbocycles. The maximum absolute atomic E-state index is 10.7. The molecular formula is C7H7NO3. The van der Waals surface area contributed by atoms with Gasteiger partial charge in [-0.05, 0) is 12.1 Å². The van der Waals surface area contributed by atoms with Crippen LogP contribution in [-0.4, -0.2) is 23.2 Å². The zero-order valence-electron chi connectivity index (χ0n) is 8.71. The largest absolute Gasteiger partial charge is 0.480 e.